The van der Waals surface area contributed by atoms with Crippen LogP contribution in [0.4, 0.5) is 0 Å². The second kappa shape index (κ2) is 6.94. The molecule has 5 heteroatoms. The summed E-state index contributed by atoms with van der Waals surface area (Å²) in [6.07, 6.45) is 1.46. The predicted molar refractivity (Wildman–Crippen MR) is 90.7 cm³/mol. The van der Waals surface area contributed by atoms with Crippen LogP contribution in [0.25, 0.3) is 11.3 Å². The molecule has 4 nitrogen and oxygen atoms in total. The first kappa shape index (κ1) is 15.1. The van der Waals surface area contributed by atoms with Gasteiger partial charge in [-0.15, -0.1) is 0 Å². The lowest BCUT2D eigenvalue weighted by atomic mass is 10.1. The van der Waals surface area contributed by atoms with Gasteiger partial charge in [0.2, 0.25) is 5.22 Å². The van der Waals surface area contributed by atoms with Crippen LogP contribution >= 0.6 is 11.6 Å². The number of rotatable bonds is 4. The lowest BCUT2D eigenvalue weighted by Gasteiger charge is -1.97. The molecule has 0 aliphatic carbocycles. The number of nitrogens with one attached hydrogen (secondary N) is 1. The van der Waals surface area contributed by atoms with E-state index in [1.807, 2.05) is 36.4 Å². The minimum absolute atomic E-state index is 0.224. The Kier molecular flexibility index (Phi) is 4.54. The Balaban J connectivity index is 1.71. The molecule has 0 bridgehead atoms. The molecule has 3 aromatic rings. The van der Waals surface area contributed by atoms with Crippen molar-refractivity contribution in [1.82, 2.24) is 5.43 Å². The quantitative estimate of drug-likeness (QED) is 0.572. The molecule has 0 radical (unpaired) electrons. The molecule has 1 amide bonds. The molecule has 0 unspecified atom stereocenters. The number of furan rings is 1. The van der Waals surface area contributed by atoms with Crippen LogP contribution in [0.3, 0.4) is 0 Å². The summed E-state index contributed by atoms with van der Waals surface area (Å²) in [7, 11) is 0. The number of hydrogen-bond donors (Lipinski definition) is 1. The zero-order chi connectivity index (χ0) is 16.1. The Hall–Kier alpha value is -2.85. The number of halogens is 1. The normalized spacial score (nSPS) is 10.8. The van der Waals surface area contributed by atoms with Gasteiger partial charge in [-0.2, -0.15) is 5.10 Å². The van der Waals surface area contributed by atoms with Crippen molar-refractivity contribution in [3.05, 3.63) is 83.1 Å². The summed E-state index contributed by atoms with van der Waals surface area (Å²) in [6.45, 7) is 0. The third-order valence-electron chi connectivity index (χ3n) is 3.18. The molecule has 0 fully saturated rings. The van der Waals surface area contributed by atoms with E-state index in [4.69, 9.17) is 16.0 Å². The highest BCUT2D eigenvalue weighted by molar-refractivity contribution is 6.31. The molecule has 0 aliphatic heterocycles. The van der Waals surface area contributed by atoms with Crippen LogP contribution in [0.1, 0.15) is 15.9 Å². The molecule has 2 aromatic carbocycles. The maximum atomic E-state index is 11.9. The molecular formula is C18H13ClN2O2. The van der Waals surface area contributed by atoms with Crippen LogP contribution < -0.4 is 5.43 Å². The third-order valence-corrected chi connectivity index (χ3v) is 3.47. The van der Waals surface area contributed by atoms with E-state index in [0.717, 1.165) is 5.56 Å². The van der Waals surface area contributed by atoms with E-state index in [-0.39, 0.29) is 11.1 Å². The molecular weight excluding hydrogens is 312 g/mol. The summed E-state index contributed by atoms with van der Waals surface area (Å²) in [4.78, 5) is 11.9. The first-order chi connectivity index (χ1) is 11.2. The van der Waals surface area contributed by atoms with Gasteiger partial charge in [-0.25, -0.2) is 5.43 Å². The first-order valence-corrected chi connectivity index (χ1v) is 7.35. The smallest absolute Gasteiger partial charge is 0.271 e. The number of amides is 1. The number of benzene rings is 2. The highest BCUT2D eigenvalue weighted by atomic mass is 35.5. The Morgan fingerprint density at radius 3 is 2.39 bits per heavy atom. The summed E-state index contributed by atoms with van der Waals surface area (Å²) >= 11 is 6.06. The summed E-state index contributed by atoms with van der Waals surface area (Å²) in [5.41, 5.74) is 4.50. The van der Waals surface area contributed by atoms with Gasteiger partial charge in [-0.3, -0.25) is 4.79 Å². The van der Waals surface area contributed by atoms with Gasteiger partial charge in [0.05, 0.1) is 11.8 Å². The monoisotopic (exact) mass is 324 g/mol. The van der Waals surface area contributed by atoms with Crippen LogP contribution in [-0.4, -0.2) is 12.1 Å². The second-order valence-corrected chi connectivity index (χ2v) is 5.11. The largest absolute Gasteiger partial charge is 0.444 e. The van der Waals surface area contributed by atoms with E-state index in [1.165, 1.54) is 6.21 Å². The van der Waals surface area contributed by atoms with E-state index in [1.54, 1.807) is 30.3 Å². The molecule has 0 saturated heterocycles. The minimum atomic E-state index is -0.287. The Morgan fingerprint density at radius 1 is 1.04 bits per heavy atom. The first-order valence-electron chi connectivity index (χ1n) is 6.97. The number of hydrazone groups is 1. The van der Waals surface area contributed by atoms with Crippen molar-refractivity contribution in [2.45, 2.75) is 0 Å². The summed E-state index contributed by atoms with van der Waals surface area (Å²) in [6, 6.07) is 20.2. The number of nitrogens with zero attached hydrogens (tertiary/aromatic N) is 1. The molecule has 1 N–H and O–H groups in total. The van der Waals surface area contributed by atoms with Crippen molar-refractivity contribution < 1.29 is 9.21 Å². The average molecular weight is 325 g/mol. The van der Waals surface area contributed by atoms with Gasteiger partial charge >= 0.3 is 0 Å². The van der Waals surface area contributed by atoms with E-state index in [0.29, 0.717) is 16.9 Å². The molecule has 0 aliphatic rings. The Morgan fingerprint density at radius 2 is 1.70 bits per heavy atom. The van der Waals surface area contributed by atoms with Crippen LogP contribution in [0.15, 0.2) is 76.2 Å². The molecule has 0 saturated carbocycles. The molecule has 0 atom stereocenters. The fourth-order valence-corrected chi connectivity index (χ4v) is 2.22. The molecule has 0 spiro atoms. The summed E-state index contributed by atoms with van der Waals surface area (Å²) in [5.74, 6) is 0.358. The topological polar surface area (TPSA) is 54.6 Å². The number of hydrogen-bond acceptors (Lipinski definition) is 3. The minimum Gasteiger partial charge on any atom is -0.444 e. The average Bonchev–Trinajstić information content (AvgIpc) is 2.97. The maximum absolute atomic E-state index is 11.9. The zero-order valence-electron chi connectivity index (χ0n) is 12.1. The fourth-order valence-electron chi connectivity index (χ4n) is 2.03. The van der Waals surface area contributed by atoms with Crippen molar-refractivity contribution in [3.8, 4) is 11.3 Å². The van der Waals surface area contributed by atoms with Crippen LogP contribution in [0.5, 0.6) is 0 Å². The second-order valence-electron chi connectivity index (χ2n) is 4.77. The van der Waals surface area contributed by atoms with Crippen molar-refractivity contribution >= 4 is 23.7 Å². The summed E-state index contributed by atoms with van der Waals surface area (Å²) < 4.78 is 5.50. The SMILES string of the molecule is O=C(N/N=C\c1cc(-c2ccccc2)oc1Cl)c1ccccc1. The van der Waals surface area contributed by atoms with Gasteiger partial charge in [0.1, 0.15) is 5.76 Å². The number of carbonyl (C=O) groups is 1. The lowest BCUT2D eigenvalue weighted by molar-refractivity contribution is 0.0955. The Labute approximate surface area is 138 Å². The Bertz CT molecular complexity index is 827. The fraction of sp³-hybridized carbons (Fsp3) is 0. The van der Waals surface area contributed by atoms with Gasteiger partial charge in [0.15, 0.2) is 0 Å². The van der Waals surface area contributed by atoms with Crippen LogP contribution in [0.2, 0.25) is 5.22 Å². The van der Waals surface area contributed by atoms with Crippen molar-refractivity contribution in [3.63, 3.8) is 0 Å². The van der Waals surface area contributed by atoms with Crippen molar-refractivity contribution in [2.75, 3.05) is 0 Å². The van der Waals surface area contributed by atoms with Gasteiger partial charge in [-0.05, 0) is 29.8 Å². The predicted octanol–water partition coefficient (Wildman–Crippen LogP) is 4.36. The highest BCUT2D eigenvalue weighted by Gasteiger charge is 2.09. The standard InChI is InChI=1S/C18H13ClN2O2/c19-17-15(11-16(23-17)13-7-3-1-4-8-13)12-20-21-18(22)14-9-5-2-6-10-14/h1-12H,(H,21,22)/b20-12-. The highest BCUT2D eigenvalue weighted by Crippen LogP contribution is 2.27. The van der Waals surface area contributed by atoms with Crippen molar-refractivity contribution in [1.29, 1.82) is 0 Å². The summed E-state index contributed by atoms with van der Waals surface area (Å²) in [5, 5.41) is 4.14. The van der Waals surface area contributed by atoms with E-state index < -0.39 is 0 Å². The van der Waals surface area contributed by atoms with Gasteiger partial charge < -0.3 is 4.42 Å². The van der Waals surface area contributed by atoms with Gasteiger partial charge in [0, 0.05) is 11.1 Å². The number of carbonyl (C=O) groups excluding carboxylic acids is 1. The molecule has 3 rings (SSSR count). The molecule has 23 heavy (non-hydrogen) atoms. The van der Waals surface area contributed by atoms with Crippen LogP contribution in [0, 0.1) is 0 Å². The van der Waals surface area contributed by atoms with E-state index in [2.05, 4.69) is 10.5 Å². The third kappa shape index (κ3) is 3.67. The van der Waals surface area contributed by atoms with E-state index >= 15 is 0 Å². The zero-order valence-corrected chi connectivity index (χ0v) is 12.8. The lowest BCUT2D eigenvalue weighted by Crippen LogP contribution is -2.17. The van der Waals surface area contributed by atoms with Gasteiger partial charge in [-0.1, -0.05) is 48.5 Å². The van der Waals surface area contributed by atoms with Gasteiger partial charge in [0.25, 0.3) is 5.91 Å². The molecule has 1 aromatic heterocycles. The van der Waals surface area contributed by atoms with Crippen molar-refractivity contribution in [2.24, 2.45) is 5.10 Å². The molecule has 114 valence electrons. The van der Waals surface area contributed by atoms with Crippen LogP contribution in [-0.2, 0) is 0 Å². The molecule has 1 heterocycles. The maximum Gasteiger partial charge on any atom is 0.271 e. The van der Waals surface area contributed by atoms with E-state index in [9.17, 15) is 4.79 Å².